The van der Waals surface area contributed by atoms with E-state index in [0.717, 1.165) is 13.1 Å². The maximum Gasteiger partial charge on any atom is 0.234 e. The number of piperazine rings is 1. The third-order valence-electron chi connectivity index (χ3n) is 3.67. The molecule has 0 bridgehead atoms. The van der Waals surface area contributed by atoms with Gasteiger partial charge in [-0.25, -0.2) is 0 Å². The number of nitrogens with zero attached hydrogens (tertiary/aromatic N) is 2. The van der Waals surface area contributed by atoms with Gasteiger partial charge in [0.25, 0.3) is 0 Å². The maximum atomic E-state index is 12.1. The van der Waals surface area contributed by atoms with E-state index >= 15 is 0 Å². The molecule has 0 saturated carbocycles. The lowest BCUT2D eigenvalue weighted by Crippen LogP contribution is -2.53. The third kappa shape index (κ3) is 7.45. The van der Waals surface area contributed by atoms with Crippen LogP contribution in [0.2, 0.25) is 0 Å². The normalized spacial score (nSPS) is 17.5. The number of halogens is 2. The summed E-state index contributed by atoms with van der Waals surface area (Å²) >= 11 is 0. The first kappa shape index (κ1) is 23.4. The van der Waals surface area contributed by atoms with E-state index in [1.54, 1.807) is 6.08 Å². The molecule has 0 spiro atoms. The van der Waals surface area contributed by atoms with Crippen LogP contribution in [0.3, 0.4) is 0 Å². The average Bonchev–Trinajstić information content (AvgIpc) is 2.44. The van der Waals surface area contributed by atoms with Crippen molar-refractivity contribution >= 4 is 36.6 Å². The molecule has 130 valence electrons. The van der Waals surface area contributed by atoms with E-state index in [2.05, 4.69) is 16.8 Å². The molecule has 0 aliphatic carbocycles. The molecule has 2 amide bonds. The van der Waals surface area contributed by atoms with Crippen LogP contribution in [0, 0.1) is 5.92 Å². The van der Waals surface area contributed by atoms with Crippen molar-refractivity contribution in [2.24, 2.45) is 11.7 Å². The number of nitrogens with one attached hydrogen (secondary N) is 1. The summed E-state index contributed by atoms with van der Waals surface area (Å²) in [7, 11) is 0. The number of carbonyl (C=O) groups excluding carboxylic acids is 2. The number of hydrogen-bond acceptors (Lipinski definition) is 4. The summed E-state index contributed by atoms with van der Waals surface area (Å²) in [5.41, 5.74) is 5.76. The standard InChI is InChI=1S/C14H26N4O2.2ClH/c1-4-5-16-13(19)10-17-6-8-18(9-7-17)14(20)11(2)12(3)15;;/h4,11-12H,1,5-10,15H2,2-3H3,(H,16,19);2*1H. The second-order valence-corrected chi connectivity index (χ2v) is 5.34. The Bertz CT molecular complexity index is 359. The monoisotopic (exact) mass is 354 g/mol. The smallest absolute Gasteiger partial charge is 0.234 e. The molecule has 1 aliphatic heterocycles. The van der Waals surface area contributed by atoms with Crippen molar-refractivity contribution in [2.45, 2.75) is 19.9 Å². The molecule has 22 heavy (non-hydrogen) atoms. The van der Waals surface area contributed by atoms with Crippen LogP contribution >= 0.6 is 24.8 Å². The Morgan fingerprint density at radius 2 is 1.77 bits per heavy atom. The van der Waals surface area contributed by atoms with Crippen LogP contribution in [0.25, 0.3) is 0 Å². The van der Waals surface area contributed by atoms with Crippen molar-refractivity contribution in [3.05, 3.63) is 12.7 Å². The predicted molar refractivity (Wildman–Crippen MR) is 93.5 cm³/mol. The molecule has 0 aromatic carbocycles. The van der Waals surface area contributed by atoms with Gasteiger partial charge in [-0.2, -0.15) is 0 Å². The molecule has 0 radical (unpaired) electrons. The summed E-state index contributed by atoms with van der Waals surface area (Å²) in [6.07, 6.45) is 1.66. The summed E-state index contributed by atoms with van der Waals surface area (Å²) in [5.74, 6) is -0.0539. The Morgan fingerprint density at radius 3 is 2.23 bits per heavy atom. The van der Waals surface area contributed by atoms with Gasteiger partial charge in [0.1, 0.15) is 0 Å². The fourth-order valence-electron chi connectivity index (χ4n) is 2.08. The average molecular weight is 355 g/mol. The fraction of sp³-hybridized carbons (Fsp3) is 0.714. The molecule has 1 rings (SSSR count). The second kappa shape index (κ2) is 11.7. The molecule has 1 aliphatic rings. The van der Waals surface area contributed by atoms with Gasteiger partial charge in [-0.15, -0.1) is 31.4 Å². The number of amides is 2. The van der Waals surface area contributed by atoms with E-state index in [0.29, 0.717) is 26.2 Å². The van der Waals surface area contributed by atoms with Gasteiger partial charge >= 0.3 is 0 Å². The summed E-state index contributed by atoms with van der Waals surface area (Å²) < 4.78 is 0. The molecule has 0 aromatic heterocycles. The Labute approximate surface area is 145 Å². The van der Waals surface area contributed by atoms with Crippen molar-refractivity contribution in [1.29, 1.82) is 0 Å². The third-order valence-corrected chi connectivity index (χ3v) is 3.67. The molecule has 1 heterocycles. The number of rotatable bonds is 6. The molecule has 6 nitrogen and oxygen atoms in total. The predicted octanol–water partition coefficient (Wildman–Crippen LogP) is 0.260. The van der Waals surface area contributed by atoms with Crippen molar-refractivity contribution in [1.82, 2.24) is 15.1 Å². The zero-order valence-corrected chi connectivity index (χ0v) is 14.9. The van der Waals surface area contributed by atoms with Crippen LogP contribution < -0.4 is 11.1 Å². The fourth-order valence-corrected chi connectivity index (χ4v) is 2.08. The largest absolute Gasteiger partial charge is 0.352 e. The first-order valence-electron chi connectivity index (χ1n) is 7.10. The van der Waals surface area contributed by atoms with Crippen LogP contribution in [-0.2, 0) is 9.59 Å². The Kier molecular flexibility index (Phi) is 12.5. The zero-order chi connectivity index (χ0) is 15.1. The van der Waals surface area contributed by atoms with E-state index in [-0.39, 0.29) is 48.6 Å². The Morgan fingerprint density at radius 1 is 1.23 bits per heavy atom. The number of nitrogens with two attached hydrogens (primary N) is 1. The van der Waals surface area contributed by atoms with Crippen LogP contribution in [0.5, 0.6) is 0 Å². The quantitative estimate of drug-likeness (QED) is 0.670. The minimum absolute atomic E-state index is 0. The molecule has 1 fully saturated rings. The Balaban J connectivity index is 0. The SMILES string of the molecule is C=CCNC(=O)CN1CCN(C(=O)C(C)C(C)N)CC1.Cl.Cl. The van der Waals surface area contributed by atoms with Crippen molar-refractivity contribution in [3.63, 3.8) is 0 Å². The van der Waals surface area contributed by atoms with E-state index in [4.69, 9.17) is 5.73 Å². The summed E-state index contributed by atoms with van der Waals surface area (Å²) in [4.78, 5) is 27.6. The van der Waals surface area contributed by atoms with E-state index in [1.165, 1.54) is 0 Å². The van der Waals surface area contributed by atoms with Gasteiger partial charge in [-0.05, 0) is 6.92 Å². The lowest BCUT2D eigenvalue weighted by Gasteiger charge is -2.36. The van der Waals surface area contributed by atoms with Gasteiger partial charge in [0.05, 0.1) is 12.5 Å². The number of carbonyl (C=O) groups is 2. The lowest BCUT2D eigenvalue weighted by atomic mass is 10.0. The minimum Gasteiger partial charge on any atom is -0.352 e. The molecule has 8 heteroatoms. The van der Waals surface area contributed by atoms with Gasteiger partial charge in [-0.3, -0.25) is 14.5 Å². The molecule has 3 N–H and O–H groups in total. The minimum atomic E-state index is -0.155. The van der Waals surface area contributed by atoms with Gasteiger partial charge in [0.2, 0.25) is 11.8 Å². The van der Waals surface area contributed by atoms with Crippen LogP contribution in [-0.4, -0.2) is 66.9 Å². The highest BCUT2D eigenvalue weighted by Crippen LogP contribution is 2.09. The van der Waals surface area contributed by atoms with Gasteiger partial charge in [0.15, 0.2) is 0 Å². The van der Waals surface area contributed by atoms with E-state index in [1.807, 2.05) is 18.7 Å². The highest BCUT2D eigenvalue weighted by Gasteiger charge is 2.27. The summed E-state index contributed by atoms with van der Waals surface area (Å²) in [5, 5.41) is 2.75. The van der Waals surface area contributed by atoms with Crippen LogP contribution in [0.1, 0.15) is 13.8 Å². The molecule has 2 unspecified atom stereocenters. The highest BCUT2D eigenvalue weighted by molar-refractivity contribution is 5.85. The summed E-state index contributed by atoms with van der Waals surface area (Å²) in [6.45, 7) is 10.9. The van der Waals surface area contributed by atoms with Crippen molar-refractivity contribution in [2.75, 3.05) is 39.3 Å². The zero-order valence-electron chi connectivity index (χ0n) is 13.3. The van der Waals surface area contributed by atoms with Crippen LogP contribution in [0.15, 0.2) is 12.7 Å². The molecule has 2 atom stereocenters. The number of hydrogen-bond donors (Lipinski definition) is 2. The van der Waals surface area contributed by atoms with Crippen LogP contribution in [0.4, 0.5) is 0 Å². The van der Waals surface area contributed by atoms with Gasteiger partial charge < -0.3 is 16.0 Å². The van der Waals surface area contributed by atoms with E-state index in [9.17, 15) is 9.59 Å². The van der Waals surface area contributed by atoms with Gasteiger partial charge in [-0.1, -0.05) is 13.0 Å². The second-order valence-electron chi connectivity index (χ2n) is 5.34. The summed E-state index contributed by atoms with van der Waals surface area (Å²) in [6, 6.07) is -0.134. The van der Waals surface area contributed by atoms with Gasteiger partial charge in [0, 0.05) is 38.8 Å². The molecular weight excluding hydrogens is 327 g/mol. The molecule has 0 aromatic rings. The maximum absolute atomic E-state index is 12.1. The molecule has 1 saturated heterocycles. The van der Waals surface area contributed by atoms with Crippen molar-refractivity contribution < 1.29 is 9.59 Å². The molecular formula is C14H28Cl2N4O2. The highest BCUT2D eigenvalue weighted by atomic mass is 35.5. The van der Waals surface area contributed by atoms with Crippen molar-refractivity contribution in [3.8, 4) is 0 Å². The Hall–Kier alpha value is -0.820. The first-order valence-corrected chi connectivity index (χ1v) is 7.10. The van der Waals surface area contributed by atoms with E-state index < -0.39 is 0 Å². The first-order chi connectivity index (χ1) is 9.45. The lowest BCUT2D eigenvalue weighted by molar-refractivity contribution is -0.137. The topological polar surface area (TPSA) is 78.7 Å².